The molecule has 0 aliphatic rings. The molecule has 0 bridgehead atoms. The molecule has 0 amide bonds. The second kappa shape index (κ2) is 39.0. The number of benzene rings is 24. The van der Waals surface area contributed by atoms with Crippen molar-refractivity contribution in [1.29, 1.82) is 0 Å². The molecule has 140 heavy (non-hydrogen) atoms. The predicted molar refractivity (Wildman–Crippen MR) is 595 cm³/mol. The van der Waals surface area contributed by atoms with Gasteiger partial charge in [0.05, 0.1) is 11.4 Å². The Morgan fingerprint density at radius 1 is 0.0786 bits per heavy atom. The fourth-order valence-corrected chi connectivity index (χ4v) is 19.8. The van der Waals surface area contributed by atoms with E-state index in [-0.39, 0.29) is 0 Å². The van der Waals surface area contributed by atoms with Gasteiger partial charge in [-0.05, 0) is 333 Å². The normalized spacial score (nSPS) is 11.1. The van der Waals surface area contributed by atoms with Gasteiger partial charge in [0, 0.05) is 136 Å². The van der Waals surface area contributed by atoms with Gasteiger partial charge in [-0.1, -0.05) is 303 Å². The first-order chi connectivity index (χ1) is 69.5. The highest BCUT2D eigenvalue weighted by Crippen LogP contribution is 2.50. The van der Waals surface area contributed by atoms with E-state index in [1.54, 1.807) is 0 Å². The molecular weight excluding hydrogens is 1700 g/mol. The zero-order valence-corrected chi connectivity index (χ0v) is 77.0. The molecule has 0 radical (unpaired) electrons. The number of nitrogens with zero attached hydrogens (tertiary/aromatic N) is 8. The first kappa shape index (κ1) is 85.4. The Bertz CT molecular complexity index is 7730. The Labute approximate surface area is 817 Å². The van der Waals surface area contributed by atoms with Gasteiger partial charge in [-0.25, -0.2) is 0 Å². The molecule has 0 unspecified atom stereocenters. The van der Waals surface area contributed by atoms with Gasteiger partial charge in [0.2, 0.25) is 0 Å². The molecule has 0 saturated heterocycles. The van der Waals surface area contributed by atoms with Crippen LogP contribution in [-0.2, 0) is 0 Å². The van der Waals surface area contributed by atoms with Crippen LogP contribution in [0.5, 0.6) is 0 Å². The van der Waals surface area contributed by atoms with Gasteiger partial charge in [0.25, 0.3) is 0 Å². The molecule has 0 N–H and O–H groups in total. The van der Waals surface area contributed by atoms with Gasteiger partial charge < -0.3 is 39.2 Å². The average molecular weight is 1790 g/mol. The highest BCUT2D eigenvalue weighted by Gasteiger charge is 2.25. The summed E-state index contributed by atoms with van der Waals surface area (Å²) in [6.07, 6.45) is 0. The van der Waals surface area contributed by atoms with Crippen molar-refractivity contribution in [3.8, 4) is 0 Å². The van der Waals surface area contributed by atoms with Crippen molar-refractivity contribution in [3.05, 3.63) is 582 Å². The van der Waals surface area contributed by atoms with E-state index in [4.69, 9.17) is 0 Å². The van der Waals surface area contributed by atoms with E-state index < -0.39 is 0 Å². The van der Waals surface area contributed by atoms with E-state index >= 15 is 0 Å². The lowest BCUT2D eigenvalue weighted by atomic mass is 9.99. The minimum absolute atomic E-state index is 1.07. The maximum absolute atomic E-state index is 2.40. The second-order valence-corrected chi connectivity index (χ2v) is 34.9. The molecule has 0 atom stereocenters. The third-order valence-corrected chi connectivity index (χ3v) is 26.3. The molecule has 24 aromatic carbocycles. The lowest BCUT2D eigenvalue weighted by molar-refractivity contribution is 1.26. The van der Waals surface area contributed by atoms with Crippen LogP contribution < -0.4 is 39.2 Å². The van der Waals surface area contributed by atoms with Crippen LogP contribution in [0.1, 0.15) is 0 Å². The molecule has 0 aliphatic heterocycles. The predicted octanol–water partition coefficient (Wildman–Crippen LogP) is 38.1. The van der Waals surface area contributed by atoms with Crippen molar-refractivity contribution in [1.82, 2.24) is 0 Å². The maximum Gasteiger partial charge on any atom is 0.0540 e. The van der Waals surface area contributed by atoms with E-state index in [0.717, 1.165) is 136 Å². The van der Waals surface area contributed by atoms with Gasteiger partial charge in [-0.2, -0.15) is 0 Å². The average Bonchev–Trinajstić information content (AvgIpc) is 0.760. The summed E-state index contributed by atoms with van der Waals surface area (Å²) in [7, 11) is 0. The van der Waals surface area contributed by atoms with Crippen molar-refractivity contribution >= 4 is 201 Å². The Kier molecular flexibility index (Phi) is 23.8. The third kappa shape index (κ3) is 17.4. The van der Waals surface area contributed by atoms with E-state index in [9.17, 15) is 0 Å². The molecule has 8 nitrogen and oxygen atoms in total. The van der Waals surface area contributed by atoms with Gasteiger partial charge in [0.1, 0.15) is 0 Å². The van der Waals surface area contributed by atoms with E-state index in [1.165, 1.54) is 64.6 Å². The molecule has 0 aromatic heterocycles. The largest absolute Gasteiger partial charge is 0.311 e. The fraction of sp³-hybridized carbons (Fsp3) is 0. The quantitative estimate of drug-likeness (QED) is 0.0552. The Balaban J connectivity index is 0.000000157. The highest BCUT2D eigenvalue weighted by molar-refractivity contribution is 6.13. The van der Waals surface area contributed by atoms with Crippen molar-refractivity contribution in [2.75, 3.05) is 39.2 Å². The van der Waals surface area contributed by atoms with Gasteiger partial charge in [-0.15, -0.1) is 0 Å². The van der Waals surface area contributed by atoms with Crippen LogP contribution in [0.3, 0.4) is 0 Å². The smallest absolute Gasteiger partial charge is 0.0540 e. The number of anilines is 24. The summed E-state index contributed by atoms with van der Waals surface area (Å²) in [6.45, 7) is 0. The van der Waals surface area contributed by atoms with Crippen LogP contribution >= 0.6 is 0 Å². The molecule has 0 saturated carbocycles. The van der Waals surface area contributed by atoms with Gasteiger partial charge in [0.15, 0.2) is 0 Å². The van der Waals surface area contributed by atoms with E-state index in [2.05, 4.69) is 622 Å². The van der Waals surface area contributed by atoms with Crippen molar-refractivity contribution < 1.29 is 0 Å². The minimum Gasteiger partial charge on any atom is -0.311 e. The number of hydrogen-bond acceptors (Lipinski definition) is 8. The molecule has 664 valence electrons. The minimum atomic E-state index is 1.07. The summed E-state index contributed by atoms with van der Waals surface area (Å²) >= 11 is 0. The molecule has 8 heteroatoms. The number of rotatable bonds is 24. The van der Waals surface area contributed by atoms with Crippen LogP contribution in [0.25, 0.3) is 64.6 Å². The summed E-state index contributed by atoms with van der Waals surface area (Å²) in [5, 5.41) is 14.3. The van der Waals surface area contributed by atoms with Crippen molar-refractivity contribution in [2.24, 2.45) is 0 Å². The summed E-state index contributed by atoms with van der Waals surface area (Å²) in [5.74, 6) is 0. The highest BCUT2D eigenvalue weighted by atomic mass is 15.2. The van der Waals surface area contributed by atoms with Gasteiger partial charge in [-0.3, -0.25) is 0 Å². The Morgan fingerprint density at radius 2 is 0.221 bits per heavy atom. The standard InChI is InChI=1S/C70H50N4.C62H46N4/c1-5-23-55(24-6-1)71(56-25-7-2-8-26-56)59-37-41-61(42-38-59)73(69-33-17-21-51-19-13-15-31-67(51)69)63-45-47-65-53(49-63)35-36-54-50-64(46-48-66(54)65)74(70-34-18-22-52-20-14-16-32-68(52)70)62-43-39-60(40-44-62)72(57-27-9-3-10-28-57)58-29-11-4-12-30-58;1-7-19-49(20-8-1)63(50-21-9-2-10-22-50)55-33-37-57(38-34-55)65(53-27-15-5-16-28-53)59-41-43-61-47(45-59)31-32-48-46-60(42-44-62(48)61)66(54-29-17-6-18-30-54)58-39-35-56(36-40-58)64(51-23-11-3-12-24-51)52-25-13-4-14-26-52/h1-50H;1-46H. The summed E-state index contributed by atoms with van der Waals surface area (Å²) in [6, 6.07) is 209. The summed E-state index contributed by atoms with van der Waals surface area (Å²) in [5.41, 5.74) is 26.4. The fourth-order valence-electron chi connectivity index (χ4n) is 19.8. The maximum atomic E-state index is 2.40. The topological polar surface area (TPSA) is 25.9 Å². The molecule has 24 rings (SSSR count). The first-order valence-electron chi connectivity index (χ1n) is 47.7. The van der Waals surface area contributed by atoms with Crippen LogP contribution in [-0.4, -0.2) is 0 Å². The van der Waals surface area contributed by atoms with Crippen molar-refractivity contribution in [2.45, 2.75) is 0 Å². The van der Waals surface area contributed by atoms with Crippen LogP contribution in [0.15, 0.2) is 582 Å². The first-order valence-corrected chi connectivity index (χ1v) is 47.7. The lowest BCUT2D eigenvalue weighted by Crippen LogP contribution is -2.12. The van der Waals surface area contributed by atoms with Gasteiger partial charge >= 0.3 is 0 Å². The van der Waals surface area contributed by atoms with Crippen LogP contribution in [0.2, 0.25) is 0 Å². The lowest BCUT2D eigenvalue weighted by Gasteiger charge is -2.29. The molecule has 0 fully saturated rings. The SMILES string of the molecule is c1ccc(N(c2ccccc2)c2ccc(N(c3ccc4c(ccc5cc(N(c6ccc(N(c7ccccc7)c7ccccc7)cc6)c6cccc7ccccc67)ccc54)c3)c3cccc4ccccc34)cc2)cc1.c1ccc(N(c2ccccc2)c2ccc(N(c3ccccc3)c3ccc4c(ccc5cc(N(c6ccccc6)c6ccc(N(c7ccccc7)c7ccccc7)cc6)ccc54)c3)cc2)cc1. The molecular formula is C132H96N8. The molecule has 24 aromatic rings. The number of fused-ring (bicyclic) bond motifs is 8. The Hall–Kier alpha value is -18.8. The van der Waals surface area contributed by atoms with Crippen LogP contribution in [0, 0.1) is 0 Å². The molecule has 0 spiro atoms. The summed E-state index contributed by atoms with van der Waals surface area (Å²) in [4.78, 5) is 18.7. The third-order valence-electron chi connectivity index (χ3n) is 26.3. The second-order valence-electron chi connectivity index (χ2n) is 34.9. The number of para-hydroxylation sites is 10. The van der Waals surface area contributed by atoms with Crippen LogP contribution in [0.4, 0.5) is 136 Å². The van der Waals surface area contributed by atoms with E-state index in [1.807, 2.05) is 0 Å². The summed E-state index contributed by atoms with van der Waals surface area (Å²) < 4.78 is 0. The van der Waals surface area contributed by atoms with Crippen molar-refractivity contribution in [3.63, 3.8) is 0 Å². The zero-order chi connectivity index (χ0) is 93.3. The zero-order valence-electron chi connectivity index (χ0n) is 77.0. The van der Waals surface area contributed by atoms with E-state index in [0.29, 0.717) is 0 Å². The monoisotopic (exact) mass is 1790 g/mol. The number of hydrogen-bond donors (Lipinski definition) is 0. The Morgan fingerprint density at radius 3 is 0.421 bits per heavy atom. The molecule has 0 heterocycles. The molecule has 0 aliphatic carbocycles.